The van der Waals surface area contributed by atoms with Gasteiger partial charge in [0.2, 0.25) is 0 Å². The minimum absolute atomic E-state index is 0.313. The molecule has 0 amide bonds. The molecule has 0 saturated carbocycles. The van der Waals surface area contributed by atoms with E-state index in [1.165, 1.54) is 17.7 Å². The van der Waals surface area contributed by atoms with E-state index in [1.54, 1.807) is 0 Å². The molecule has 5 rings (SSSR count). The predicted molar refractivity (Wildman–Crippen MR) is 121 cm³/mol. The number of aryl methyl sites for hydroxylation is 1. The lowest BCUT2D eigenvalue weighted by Crippen LogP contribution is -2.45. The fourth-order valence-corrected chi connectivity index (χ4v) is 5.11. The number of pyridine rings is 2. The summed E-state index contributed by atoms with van der Waals surface area (Å²) >= 11 is 6.91. The number of fused-ring (bicyclic) bond motifs is 2. The number of halogens is 1. The SMILES string of the molecule is CN1CCN(c2cccc3nc(CN(C)C4CCCc5cccnc54)c(Cl)n23)CC1. The molecule has 1 atom stereocenters. The Balaban J connectivity index is 1.43. The van der Waals surface area contributed by atoms with Crippen LogP contribution in [0.25, 0.3) is 5.65 Å². The van der Waals surface area contributed by atoms with Gasteiger partial charge in [-0.1, -0.05) is 23.7 Å². The number of rotatable bonds is 4. The van der Waals surface area contributed by atoms with Crippen LogP contribution in [-0.4, -0.2) is 64.4 Å². The number of anilines is 1. The summed E-state index contributed by atoms with van der Waals surface area (Å²) in [6.45, 7) is 4.84. The van der Waals surface area contributed by atoms with E-state index in [0.717, 1.165) is 61.3 Å². The van der Waals surface area contributed by atoms with E-state index in [4.69, 9.17) is 21.6 Å². The Hall–Kier alpha value is -2.15. The zero-order valence-electron chi connectivity index (χ0n) is 17.8. The third-order valence-corrected chi connectivity index (χ3v) is 6.94. The van der Waals surface area contributed by atoms with E-state index in [9.17, 15) is 0 Å². The zero-order chi connectivity index (χ0) is 20.7. The first-order chi connectivity index (χ1) is 14.6. The molecule has 1 unspecified atom stereocenters. The van der Waals surface area contributed by atoms with E-state index < -0.39 is 0 Å². The van der Waals surface area contributed by atoms with Crippen LogP contribution in [0.4, 0.5) is 5.82 Å². The number of piperazine rings is 1. The van der Waals surface area contributed by atoms with Gasteiger partial charge in [-0.2, -0.15) is 0 Å². The molecule has 1 aliphatic heterocycles. The summed E-state index contributed by atoms with van der Waals surface area (Å²) in [6.07, 6.45) is 5.35. The normalized spacial score (nSPS) is 20.1. The summed E-state index contributed by atoms with van der Waals surface area (Å²) in [4.78, 5) is 16.7. The lowest BCUT2D eigenvalue weighted by molar-refractivity contribution is 0.206. The molecular weight excluding hydrogens is 396 g/mol. The van der Waals surface area contributed by atoms with Crippen molar-refractivity contribution in [2.75, 3.05) is 45.2 Å². The molecule has 6 nitrogen and oxygen atoms in total. The fraction of sp³-hybridized carbons (Fsp3) is 0.478. The van der Waals surface area contributed by atoms with Crippen LogP contribution in [0, 0.1) is 0 Å². The third kappa shape index (κ3) is 3.57. The maximum Gasteiger partial charge on any atom is 0.139 e. The first kappa shape index (κ1) is 19.8. The number of hydrogen-bond donors (Lipinski definition) is 0. The summed E-state index contributed by atoms with van der Waals surface area (Å²) in [5.74, 6) is 1.14. The van der Waals surface area contributed by atoms with E-state index in [2.05, 4.69) is 51.4 Å². The standard InChI is InChI=1S/C23H29ClN6/c1-27-12-14-29(15-13-27)21-10-4-9-20-26-18(23(24)30(20)21)16-28(2)19-8-3-6-17-7-5-11-25-22(17)19/h4-5,7,9-11,19H,3,6,8,12-16H2,1-2H3. The predicted octanol–water partition coefficient (Wildman–Crippen LogP) is 3.64. The quantitative estimate of drug-likeness (QED) is 0.639. The van der Waals surface area contributed by atoms with Crippen molar-refractivity contribution in [1.82, 2.24) is 24.2 Å². The summed E-state index contributed by atoms with van der Waals surface area (Å²) in [5, 5.41) is 0.725. The maximum atomic E-state index is 6.91. The molecule has 0 radical (unpaired) electrons. The molecule has 0 bridgehead atoms. The largest absolute Gasteiger partial charge is 0.355 e. The molecule has 0 spiro atoms. The Kier molecular flexibility index (Phi) is 5.39. The van der Waals surface area contributed by atoms with Crippen LogP contribution in [0.15, 0.2) is 36.5 Å². The minimum atomic E-state index is 0.313. The van der Waals surface area contributed by atoms with Gasteiger partial charge in [-0.05, 0) is 57.1 Å². The van der Waals surface area contributed by atoms with E-state index in [0.29, 0.717) is 12.6 Å². The lowest BCUT2D eigenvalue weighted by Gasteiger charge is -2.34. The highest BCUT2D eigenvalue weighted by molar-refractivity contribution is 6.30. The highest BCUT2D eigenvalue weighted by Gasteiger charge is 2.27. The number of likely N-dealkylation sites (N-methyl/N-ethyl adjacent to an activating group) is 1. The number of imidazole rings is 1. The van der Waals surface area contributed by atoms with Gasteiger partial charge in [-0.3, -0.25) is 14.3 Å². The fourth-order valence-electron chi connectivity index (χ4n) is 4.83. The molecule has 158 valence electrons. The van der Waals surface area contributed by atoms with Gasteiger partial charge in [-0.15, -0.1) is 0 Å². The first-order valence-electron chi connectivity index (χ1n) is 10.8. The Labute approximate surface area is 183 Å². The molecule has 1 aliphatic carbocycles. The molecular formula is C23H29ClN6. The Morgan fingerprint density at radius 2 is 1.97 bits per heavy atom. The van der Waals surface area contributed by atoms with Crippen LogP contribution >= 0.6 is 11.6 Å². The van der Waals surface area contributed by atoms with Crippen LogP contribution in [-0.2, 0) is 13.0 Å². The second-order valence-corrected chi connectivity index (χ2v) is 8.95. The molecule has 1 fully saturated rings. The van der Waals surface area contributed by atoms with Crippen molar-refractivity contribution < 1.29 is 0 Å². The van der Waals surface area contributed by atoms with Crippen LogP contribution in [0.2, 0.25) is 5.15 Å². The molecule has 0 N–H and O–H groups in total. The van der Waals surface area contributed by atoms with Crippen molar-refractivity contribution >= 4 is 23.1 Å². The Bertz CT molecular complexity index is 1040. The average molecular weight is 425 g/mol. The topological polar surface area (TPSA) is 39.9 Å². The van der Waals surface area contributed by atoms with Gasteiger partial charge in [0.15, 0.2) is 0 Å². The Morgan fingerprint density at radius 3 is 2.80 bits per heavy atom. The van der Waals surface area contributed by atoms with Crippen LogP contribution in [0.1, 0.15) is 35.8 Å². The monoisotopic (exact) mass is 424 g/mol. The number of aromatic nitrogens is 3. The summed E-state index contributed by atoms with van der Waals surface area (Å²) in [7, 11) is 4.34. The van der Waals surface area contributed by atoms with Crippen LogP contribution in [0.5, 0.6) is 0 Å². The molecule has 3 aromatic heterocycles. The van der Waals surface area contributed by atoms with E-state index in [1.807, 2.05) is 18.3 Å². The molecule has 3 aromatic rings. The molecule has 1 saturated heterocycles. The molecule has 30 heavy (non-hydrogen) atoms. The molecule has 7 heteroatoms. The third-order valence-electron chi connectivity index (χ3n) is 6.56. The van der Waals surface area contributed by atoms with Crippen molar-refractivity contribution in [2.45, 2.75) is 31.8 Å². The average Bonchev–Trinajstić information content (AvgIpc) is 3.09. The summed E-state index contributed by atoms with van der Waals surface area (Å²) in [5.41, 5.74) is 4.44. The smallest absolute Gasteiger partial charge is 0.139 e. The van der Waals surface area contributed by atoms with Crippen LogP contribution in [0.3, 0.4) is 0 Å². The second-order valence-electron chi connectivity index (χ2n) is 8.59. The van der Waals surface area contributed by atoms with E-state index >= 15 is 0 Å². The van der Waals surface area contributed by atoms with Gasteiger partial charge >= 0.3 is 0 Å². The van der Waals surface area contributed by atoms with Crippen molar-refractivity contribution in [3.05, 3.63) is 58.6 Å². The summed E-state index contributed by atoms with van der Waals surface area (Å²) < 4.78 is 2.11. The number of hydrogen-bond acceptors (Lipinski definition) is 5. The van der Waals surface area contributed by atoms with Crippen molar-refractivity contribution in [1.29, 1.82) is 0 Å². The molecule has 2 aliphatic rings. The maximum absolute atomic E-state index is 6.91. The van der Waals surface area contributed by atoms with Crippen molar-refractivity contribution in [3.63, 3.8) is 0 Å². The van der Waals surface area contributed by atoms with Gasteiger partial charge in [0, 0.05) is 38.9 Å². The summed E-state index contributed by atoms with van der Waals surface area (Å²) in [6, 6.07) is 10.9. The highest BCUT2D eigenvalue weighted by atomic mass is 35.5. The minimum Gasteiger partial charge on any atom is -0.355 e. The van der Waals surface area contributed by atoms with E-state index in [-0.39, 0.29) is 0 Å². The van der Waals surface area contributed by atoms with Gasteiger partial charge in [0.25, 0.3) is 0 Å². The second kappa shape index (κ2) is 8.17. The van der Waals surface area contributed by atoms with Gasteiger partial charge in [0.1, 0.15) is 16.6 Å². The van der Waals surface area contributed by atoms with Crippen LogP contribution < -0.4 is 4.90 Å². The first-order valence-corrected chi connectivity index (χ1v) is 11.2. The number of nitrogens with zero attached hydrogens (tertiary/aromatic N) is 6. The van der Waals surface area contributed by atoms with Crippen molar-refractivity contribution in [3.8, 4) is 0 Å². The lowest BCUT2D eigenvalue weighted by atomic mass is 9.91. The van der Waals surface area contributed by atoms with Gasteiger partial charge in [0.05, 0.1) is 17.4 Å². The van der Waals surface area contributed by atoms with Crippen molar-refractivity contribution in [2.24, 2.45) is 0 Å². The van der Waals surface area contributed by atoms with Gasteiger partial charge < -0.3 is 9.80 Å². The van der Waals surface area contributed by atoms with Gasteiger partial charge in [-0.25, -0.2) is 4.98 Å². The highest BCUT2D eigenvalue weighted by Crippen LogP contribution is 2.34. The molecule has 4 heterocycles. The molecule has 0 aromatic carbocycles. The Morgan fingerprint density at radius 1 is 1.13 bits per heavy atom. The zero-order valence-corrected chi connectivity index (χ0v) is 18.5.